The quantitative estimate of drug-likeness (QED) is 0.511. The van der Waals surface area contributed by atoms with Gasteiger partial charge in [-0.25, -0.2) is 4.39 Å². The third kappa shape index (κ3) is 4.20. The standard InChI is InChI=1S/C23H22F3N5OS/c1-29-11-23(12-29)13-30(14-23)22(33)31(17-5-3-2-4-6-17)10-16-8-7-15(9-18(16)24)20-27-28-21(32-20)19(25)26/h2-9,19H,10-14H2,1H3. The van der Waals surface area contributed by atoms with Gasteiger partial charge in [-0.15, -0.1) is 10.2 Å². The van der Waals surface area contributed by atoms with E-state index in [1.54, 1.807) is 12.1 Å². The van der Waals surface area contributed by atoms with Crippen LogP contribution >= 0.6 is 12.2 Å². The molecule has 2 fully saturated rings. The van der Waals surface area contributed by atoms with E-state index in [4.69, 9.17) is 16.6 Å². The van der Waals surface area contributed by atoms with Crippen LogP contribution in [-0.4, -0.2) is 58.3 Å². The lowest BCUT2D eigenvalue weighted by molar-refractivity contribution is -0.0733. The topological polar surface area (TPSA) is 48.6 Å². The molecule has 2 aliphatic heterocycles. The Morgan fingerprint density at radius 1 is 1.12 bits per heavy atom. The first kappa shape index (κ1) is 21.8. The van der Waals surface area contributed by atoms with Crippen molar-refractivity contribution < 1.29 is 17.6 Å². The number of nitrogens with zero attached hydrogens (tertiary/aromatic N) is 5. The average molecular weight is 474 g/mol. The molecular weight excluding hydrogens is 451 g/mol. The van der Waals surface area contributed by atoms with Gasteiger partial charge in [0.25, 0.3) is 5.89 Å². The zero-order valence-electron chi connectivity index (χ0n) is 17.9. The SMILES string of the molecule is CN1CC2(C1)CN(C(=S)N(Cc1ccc(-c3nnc(C(F)F)o3)cc1F)c1ccccc1)C2. The summed E-state index contributed by atoms with van der Waals surface area (Å²) in [6.45, 7) is 4.15. The molecule has 10 heteroatoms. The Balaban J connectivity index is 1.36. The maximum atomic E-state index is 15.0. The first-order valence-electron chi connectivity index (χ1n) is 10.5. The highest BCUT2D eigenvalue weighted by Gasteiger charge is 2.51. The Kier molecular flexibility index (Phi) is 5.57. The molecule has 5 rings (SSSR count). The lowest BCUT2D eigenvalue weighted by atomic mass is 9.73. The molecule has 3 heterocycles. The molecule has 0 radical (unpaired) electrons. The van der Waals surface area contributed by atoms with E-state index in [2.05, 4.69) is 27.0 Å². The molecule has 1 aromatic heterocycles. The average Bonchev–Trinajstić information content (AvgIpc) is 3.25. The molecule has 1 spiro atoms. The molecule has 0 amide bonds. The van der Waals surface area contributed by atoms with Gasteiger partial charge < -0.3 is 19.1 Å². The lowest BCUT2D eigenvalue weighted by Gasteiger charge is -2.60. The van der Waals surface area contributed by atoms with Gasteiger partial charge in [0.05, 0.1) is 6.54 Å². The summed E-state index contributed by atoms with van der Waals surface area (Å²) in [6, 6.07) is 14.0. The predicted molar refractivity (Wildman–Crippen MR) is 121 cm³/mol. The van der Waals surface area contributed by atoms with E-state index in [1.165, 1.54) is 6.07 Å². The molecule has 2 saturated heterocycles. The summed E-state index contributed by atoms with van der Waals surface area (Å²) in [5.41, 5.74) is 1.84. The molecule has 33 heavy (non-hydrogen) atoms. The van der Waals surface area contributed by atoms with E-state index in [1.807, 2.05) is 35.2 Å². The summed E-state index contributed by atoms with van der Waals surface area (Å²) in [5, 5.41) is 7.54. The van der Waals surface area contributed by atoms with Crippen LogP contribution in [0.5, 0.6) is 0 Å². The number of anilines is 1. The minimum absolute atomic E-state index is 0.150. The van der Waals surface area contributed by atoms with Crippen LogP contribution in [0.4, 0.5) is 18.9 Å². The number of rotatable bonds is 5. The minimum atomic E-state index is -2.88. The van der Waals surface area contributed by atoms with Crippen LogP contribution in [-0.2, 0) is 6.54 Å². The monoisotopic (exact) mass is 473 g/mol. The second-order valence-electron chi connectivity index (χ2n) is 8.78. The second kappa shape index (κ2) is 8.42. The largest absolute Gasteiger partial charge is 0.415 e. The van der Waals surface area contributed by atoms with Gasteiger partial charge in [0, 0.05) is 48.4 Å². The number of hydrogen-bond donors (Lipinski definition) is 0. The van der Waals surface area contributed by atoms with Gasteiger partial charge in [-0.1, -0.05) is 24.3 Å². The van der Waals surface area contributed by atoms with E-state index in [0.717, 1.165) is 31.9 Å². The summed E-state index contributed by atoms with van der Waals surface area (Å²) in [5.74, 6) is -1.45. The number of benzene rings is 2. The zero-order valence-corrected chi connectivity index (χ0v) is 18.7. The van der Waals surface area contributed by atoms with Gasteiger partial charge in [0.15, 0.2) is 5.11 Å². The van der Waals surface area contributed by atoms with Gasteiger partial charge in [0.2, 0.25) is 5.89 Å². The van der Waals surface area contributed by atoms with Crippen LogP contribution in [0.3, 0.4) is 0 Å². The second-order valence-corrected chi connectivity index (χ2v) is 9.15. The third-order valence-electron chi connectivity index (χ3n) is 6.09. The van der Waals surface area contributed by atoms with E-state index in [0.29, 0.717) is 16.1 Å². The number of para-hydroxylation sites is 1. The molecule has 0 N–H and O–H groups in total. The highest BCUT2D eigenvalue weighted by Crippen LogP contribution is 2.39. The van der Waals surface area contributed by atoms with E-state index < -0.39 is 18.1 Å². The molecule has 0 aliphatic carbocycles. The molecule has 0 unspecified atom stereocenters. The van der Waals surface area contributed by atoms with Crippen LogP contribution in [0.1, 0.15) is 17.9 Å². The van der Waals surface area contributed by atoms with Gasteiger partial charge in [-0.05, 0) is 43.5 Å². The smallest absolute Gasteiger partial charge is 0.314 e. The number of alkyl halides is 2. The van der Waals surface area contributed by atoms with E-state index >= 15 is 4.39 Å². The van der Waals surface area contributed by atoms with Crippen LogP contribution in [0.15, 0.2) is 52.9 Å². The molecule has 0 saturated carbocycles. The molecule has 2 aliphatic rings. The number of hydrogen-bond acceptors (Lipinski definition) is 5. The van der Waals surface area contributed by atoms with Crippen molar-refractivity contribution in [2.45, 2.75) is 13.0 Å². The molecular formula is C23H22F3N5OS. The van der Waals surface area contributed by atoms with Gasteiger partial charge in [0.1, 0.15) is 5.82 Å². The van der Waals surface area contributed by atoms with Crippen molar-refractivity contribution in [3.8, 4) is 11.5 Å². The van der Waals surface area contributed by atoms with Crippen LogP contribution in [0.25, 0.3) is 11.5 Å². The van der Waals surface area contributed by atoms with Crippen molar-refractivity contribution in [1.29, 1.82) is 0 Å². The Labute approximate surface area is 194 Å². The Morgan fingerprint density at radius 2 is 1.85 bits per heavy atom. The maximum absolute atomic E-state index is 15.0. The fourth-order valence-corrected chi connectivity index (χ4v) is 4.96. The highest BCUT2D eigenvalue weighted by molar-refractivity contribution is 7.80. The summed E-state index contributed by atoms with van der Waals surface area (Å²) in [7, 11) is 2.11. The summed E-state index contributed by atoms with van der Waals surface area (Å²) < 4.78 is 45.4. The molecule has 0 bridgehead atoms. The molecule has 3 aromatic rings. The zero-order chi connectivity index (χ0) is 23.2. The fourth-order valence-electron chi connectivity index (χ4n) is 4.66. The first-order valence-corrected chi connectivity index (χ1v) is 10.9. The van der Waals surface area contributed by atoms with E-state index in [-0.39, 0.29) is 18.0 Å². The van der Waals surface area contributed by atoms with E-state index in [9.17, 15) is 8.78 Å². The number of aromatic nitrogens is 2. The normalized spacial score (nSPS) is 17.2. The maximum Gasteiger partial charge on any atom is 0.314 e. The third-order valence-corrected chi connectivity index (χ3v) is 6.57. The number of thiocarbonyl (C=S) groups is 1. The van der Waals surface area contributed by atoms with Crippen LogP contribution in [0.2, 0.25) is 0 Å². The summed E-state index contributed by atoms with van der Waals surface area (Å²) in [6.07, 6.45) is -2.88. The van der Waals surface area contributed by atoms with Crippen molar-refractivity contribution in [3.05, 3.63) is 65.8 Å². The van der Waals surface area contributed by atoms with Gasteiger partial charge >= 0.3 is 6.43 Å². The van der Waals surface area contributed by atoms with Crippen LogP contribution in [0, 0.1) is 11.2 Å². The van der Waals surface area contributed by atoms with Crippen molar-refractivity contribution in [2.75, 3.05) is 38.1 Å². The van der Waals surface area contributed by atoms with Gasteiger partial charge in [-0.3, -0.25) is 0 Å². The molecule has 2 aromatic carbocycles. The van der Waals surface area contributed by atoms with Crippen molar-refractivity contribution in [3.63, 3.8) is 0 Å². The Bertz CT molecular complexity index is 1160. The van der Waals surface area contributed by atoms with Crippen molar-refractivity contribution >= 4 is 23.0 Å². The van der Waals surface area contributed by atoms with Crippen LogP contribution < -0.4 is 4.90 Å². The lowest BCUT2D eigenvalue weighted by Crippen LogP contribution is -2.73. The summed E-state index contributed by atoms with van der Waals surface area (Å²) >= 11 is 5.82. The Hall–Kier alpha value is -2.98. The Morgan fingerprint density at radius 3 is 2.45 bits per heavy atom. The predicted octanol–water partition coefficient (Wildman–Crippen LogP) is 4.35. The molecule has 6 nitrogen and oxygen atoms in total. The van der Waals surface area contributed by atoms with Crippen molar-refractivity contribution in [1.82, 2.24) is 20.0 Å². The fraction of sp³-hybridized carbons (Fsp3) is 0.348. The molecule has 0 atom stereocenters. The minimum Gasteiger partial charge on any atom is -0.415 e. The number of halogens is 3. The molecule has 172 valence electrons. The number of likely N-dealkylation sites (tertiary alicyclic amines) is 2. The highest BCUT2D eigenvalue weighted by atomic mass is 32.1. The summed E-state index contributed by atoms with van der Waals surface area (Å²) in [4.78, 5) is 6.37. The van der Waals surface area contributed by atoms with Crippen molar-refractivity contribution in [2.24, 2.45) is 5.41 Å². The first-order chi connectivity index (χ1) is 15.8. The van der Waals surface area contributed by atoms with Gasteiger partial charge in [-0.2, -0.15) is 8.78 Å².